The van der Waals surface area contributed by atoms with Gasteiger partial charge >= 0.3 is 12.2 Å². The highest BCUT2D eigenvalue weighted by Crippen LogP contribution is 2.26. The number of imidazole rings is 1. The smallest absolute Gasteiger partial charge is 0.418 e. The molecule has 0 unspecified atom stereocenters. The van der Waals surface area contributed by atoms with Crippen LogP contribution in [0.2, 0.25) is 0 Å². The van der Waals surface area contributed by atoms with Gasteiger partial charge in [0, 0.05) is 16.7 Å². The molecule has 0 saturated heterocycles. The number of aromatic nitrogens is 2. The van der Waals surface area contributed by atoms with Crippen LogP contribution in [0.15, 0.2) is 60.8 Å². The van der Waals surface area contributed by atoms with Crippen molar-refractivity contribution in [2.24, 2.45) is 0 Å². The monoisotopic (exact) mass is 403 g/mol. The van der Waals surface area contributed by atoms with Gasteiger partial charge in [0.05, 0.1) is 11.9 Å². The van der Waals surface area contributed by atoms with Crippen molar-refractivity contribution in [1.29, 1.82) is 0 Å². The molecular formula is C23H21N3O4. The van der Waals surface area contributed by atoms with Crippen molar-refractivity contribution >= 4 is 18.1 Å². The first-order chi connectivity index (χ1) is 14.2. The van der Waals surface area contributed by atoms with Gasteiger partial charge in [-0.2, -0.15) is 0 Å². The van der Waals surface area contributed by atoms with E-state index < -0.39 is 17.8 Å². The van der Waals surface area contributed by atoms with Crippen molar-refractivity contribution in [3.05, 3.63) is 71.9 Å². The number of rotatable bonds is 2. The highest BCUT2D eigenvalue weighted by atomic mass is 16.6. The molecule has 0 atom stereocenters. The molecule has 7 nitrogen and oxygen atoms in total. The Hall–Kier alpha value is -4.05. The van der Waals surface area contributed by atoms with Gasteiger partial charge in [-0.15, -0.1) is 0 Å². The molecular weight excluding hydrogens is 382 g/mol. The summed E-state index contributed by atoms with van der Waals surface area (Å²) < 4.78 is 6.08. The number of anilines is 1. The van der Waals surface area contributed by atoms with Gasteiger partial charge in [-0.05, 0) is 39.0 Å². The normalized spacial score (nSPS) is 10.6. The largest absolute Gasteiger partial charge is 0.464 e. The molecule has 0 saturated carbocycles. The van der Waals surface area contributed by atoms with Crippen LogP contribution in [-0.4, -0.2) is 32.4 Å². The molecule has 7 heteroatoms. The molecule has 2 N–H and O–H groups in total. The van der Waals surface area contributed by atoms with Crippen LogP contribution in [-0.2, 0) is 4.74 Å². The maximum atomic E-state index is 12.1. The van der Waals surface area contributed by atoms with Crippen molar-refractivity contribution in [2.75, 3.05) is 5.32 Å². The van der Waals surface area contributed by atoms with Crippen LogP contribution in [0, 0.1) is 11.8 Å². The van der Waals surface area contributed by atoms with Crippen LogP contribution < -0.4 is 5.32 Å². The van der Waals surface area contributed by atoms with Gasteiger partial charge < -0.3 is 9.84 Å². The lowest BCUT2D eigenvalue weighted by Crippen LogP contribution is -2.28. The van der Waals surface area contributed by atoms with Crippen LogP contribution in [0.3, 0.4) is 0 Å². The van der Waals surface area contributed by atoms with E-state index in [1.54, 1.807) is 39.0 Å². The van der Waals surface area contributed by atoms with Gasteiger partial charge in [-0.1, -0.05) is 48.2 Å². The lowest BCUT2D eigenvalue weighted by molar-refractivity contribution is 0.0634. The van der Waals surface area contributed by atoms with E-state index in [1.165, 1.54) is 6.20 Å². The van der Waals surface area contributed by atoms with Crippen molar-refractivity contribution in [3.8, 4) is 23.1 Å². The Kier molecular flexibility index (Phi) is 5.88. The Labute approximate surface area is 174 Å². The van der Waals surface area contributed by atoms with Gasteiger partial charge in [-0.25, -0.2) is 19.1 Å². The van der Waals surface area contributed by atoms with E-state index >= 15 is 0 Å². The summed E-state index contributed by atoms with van der Waals surface area (Å²) in [5.41, 5.74) is 1.60. The Bertz CT molecular complexity index is 1130. The van der Waals surface area contributed by atoms with Crippen molar-refractivity contribution < 1.29 is 19.4 Å². The summed E-state index contributed by atoms with van der Waals surface area (Å²) in [5, 5.41) is 12.1. The molecule has 0 radical (unpaired) electrons. The first-order valence-electron chi connectivity index (χ1n) is 9.22. The van der Waals surface area contributed by atoms with Gasteiger partial charge in [0.15, 0.2) is 0 Å². The van der Waals surface area contributed by atoms with E-state index in [1.807, 2.05) is 36.4 Å². The maximum Gasteiger partial charge on any atom is 0.418 e. The standard InChI is InChI=1S/C23H21N3O4/c1-23(2,3)30-21(27)25-20-24-15-19(26(20)22(28)29)18-12-8-7-11-17(18)14-13-16-9-5-4-6-10-16/h4-12,15H,1-3H3,(H,28,29)(H,24,25,27). The third-order valence-electron chi connectivity index (χ3n) is 3.88. The molecule has 0 aliphatic heterocycles. The average Bonchev–Trinajstić information content (AvgIpc) is 3.09. The predicted octanol–water partition coefficient (Wildman–Crippen LogP) is 4.82. The predicted molar refractivity (Wildman–Crippen MR) is 113 cm³/mol. The Morgan fingerprint density at radius 1 is 1.03 bits per heavy atom. The first kappa shape index (κ1) is 20.7. The maximum absolute atomic E-state index is 12.1. The zero-order valence-electron chi connectivity index (χ0n) is 16.8. The topological polar surface area (TPSA) is 93.5 Å². The van der Waals surface area contributed by atoms with Crippen molar-refractivity contribution in [3.63, 3.8) is 0 Å². The molecule has 0 aliphatic rings. The van der Waals surface area contributed by atoms with E-state index in [4.69, 9.17) is 4.74 Å². The van der Waals surface area contributed by atoms with E-state index in [-0.39, 0.29) is 11.6 Å². The quantitative estimate of drug-likeness (QED) is 0.598. The molecule has 3 rings (SSSR count). The number of carbonyl (C=O) groups is 2. The third-order valence-corrected chi connectivity index (χ3v) is 3.88. The fraction of sp³-hybridized carbons (Fsp3) is 0.174. The number of amides is 1. The summed E-state index contributed by atoms with van der Waals surface area (Å²) in [6.07, 6.45) is -0.706. The fourth-order valence-electron chi connectivity index (χ4n) is 2.70. The second-order valence-electron chi connectivity index (χ2n) is 7.37. The molecule has 2 aromatic carbocycles. The zero-order chi connectivity index (χ0) is 21.7. The minimum absolute atomic E-state index is 0.155. The second kappa shape index (κ2) is 8.53. The summed E-state index contributed by atoms with van der Waals surface area (Å²) in [6, 6.07) is 16.6. The first-order valence-corrected chi connectivity index (χ1v) is 9.22. The number of carbonyl (C=O) groups excluding carboxylic acids is 1. The molecule has 0 spiro atoms. The van der Waals surface area contributed by atoms with E-state index in [9.17, 15) is 14.7 Å². The SMILES string of the molecule is CC(C)(C)OC(=O)Nc1ncc(-c2ccccc2C#Cc2ccccc2)n1C(=O)O. The number of hydrogen-bond donors (Lipinski definition) is 2. The summed E-state index contributed by atoms with van der Waals surface area (Å²) in [4.78, 5) is 28.1. The summed E-state index contributed by atoms with van der Waals surface area (Å²) in [6.45, 7) is 5.13. The van der Waals surface area contributed by atoms with Gasteiger partial charge in [0.1, 0.15) is 5.60 Å². The van der Waals surface area contributed by atoms with Gasteiger partial charge in [-0.3, -0.25) is 5.32 Å². The molecule has 0 aliphatic carbocycles. The minimum atomic E-state index is -1.29. The molecule has 0 bridgehead atoms. The van der Waals surface area contributed by atoms with Crippen molar-refractivity contribution in [1.82, 2.24) is 9.55 Å². The molecule has 30 heavy (non-hydrogen) atoms. The van der Waals surface area contributed by atoms with Crippen LogP contribution in [0.4, 0.5) is 15.5 Å². The number of nitrogens with one attached hydrogen (secondary N) is 1. The molecule has 3 aromatic rings. The molecule has 1 amide bonds. The number of ether oxygens (including phenoxy) is 1. The summed E-state index contributed by atoms with van der Waals surface area (Å²) >= 11 is 0. The molecule has 1 heterocycles. The number of benzene rings is 2. The summed E-state index contributed by atoms with van der Waals surface area (Å²) in [7, 11) is 0. The summed E-state index contributed by atoms with van der Waals surface area (Å²) in [5.74, 6) is 5.99. The highest BCUT2D eigenvalue weighted by molar-refractivity contribution is 5.89. The molecule has 152 valence electrons. The second-order valence-corrected chi connectivity index (χ2v) is 7.37. The number of carboxylic acid groups (broad SMARTS) is 1. The highest BCUT2D eigenvalue weighted by Gasteiger charge is 2.23. The van der Waals surface area contributed by atoms with Gasteiger partial charge in [0.25, 0.3) is 0 Å². The molecule has 1 aromatic heterocycles. The van der Waals surface area contributed by atoms with E-state index in [0.29, 0.717) is 11.1 Å². The molecule has 0 fully saturated rings. The zero-order valence-corrected chi connectivity index (χ0v) is 16.8. The minimum Gasteiger partial charge on any atom is -0.464 e. The lowest BCUT2D eigenvalue weighted by atomic mass is 10.0. The number of nitrogens with zero attached hydrogens (tertiary/aromatic N) is 2. The van der Waals surface area contributed by atoms with Gasteiger partial charge in [0.2, 0.25) is 5.95 Å². The fourth-order valence-corrected chi connectivity index (χ4v) is 2.70. The Morgan fingerprint density at radius 2 is 1.70 bits per heavy atom. The lowest BCUT2D eigenvalue weighted by Gasteiger charge is -2.19. The van der Waals surface area contributed by atoms with Crippen LogP contribution in [0.1, 0.15) is 31.9 Å². The third kappa shape index (κ3) is 5.06. The average molecular weight is 403 g/mol. The Morgan fingerprint density at radius 3 is 2.37 bits per heavy atom. The van der Waals surface area contributed by atoms with Crippen LogP contribution in [0.5, 0.6) is 0 Å². The van der Waals surface area contributed by atoms with Crippen LogP contribution >= 0.6 is 0 Å². The number of hydrogen-bond acceptors (Lipinski definition) is 4. The van der Waals surface area contributed by atoms with Crippen LogP contribution in [0.25, 0.3) is 11.3 Å². The van der Waals surface area contributed by atoms with Crippen molar-refractivity contribution in [2.45, 2.75) is 26.4 Å². The van der Waals surface area contributed by atoms with E-state index in [2.05, 4.69) is 22.1 Å². The van der Waals surface area contributed by atoms with E-state index in [0.717, 1.165) is 10.1 Å². The Balaban J connectivity index is 1.99.